The zero-order valence-electron chi connectivity index (χ0n) is 19.4. The number of carbonyl (C=O) groups excluding carboxylic acids is 1. The van der Waals surface area contributed by atoms with Gasteiger partial charge in [-0.2, -0.15) is 5.10 Å². The second-order valence-corrected chi connectivity index (χ2v) is 8.13. The van der Waals surface area contributed by atoms with Crippen LogP contribution in [0.1, 0.15) is 40.5 Å². The molecule has 0 fully saturated rings. The number of carbonyl (C=O) groups is 1. The van der Waals surface area contributed by atoms with Gasteiger partial charge in [-0.1, -0.05) is 55.5 Å². The molecule has 33 heavy (non-hydrogen) atoms. The number of hydrogen-bond acceptors (Lipinski definition) is 3. The van der Waals surface area contributed by atoms with Crippen LogP contribution in [0.3, 0.4) is 0 Å². The number of ether oxygens (including phenoxy) is 1. The van der Waals surface area contributed by atoms with E-state index in [1.165, 1.54) is 0 Å². The molecule has 0 N–H and O–H groups in total. The third-order valence-electron chi connectivity index (χ3n) is 5.49. The average Bonchev–Trinajstić information content (AvgIpc) is 3.14. The molecule has 0 radical (unpaired) electrons. The molecule has 0 aliphatic rings. The molecular formula is C28H29N3O2. The molecule has 0 saturated heterocycles. The van der Waals surface area contributed by atoms with E-state index in [0.717, 1.165) is 34.7 Å². The summed E-state index contributed by atoms with van der Waals surface area (Å²) in [6, 6.07) is 27.3. The summed E-state index contributed by atoms with van der Waals surface area (Å²) in [6.45, 7) is 7.15. The van der Waals surface area contributed by atoms with E-state index in [2.05, 4.69) is 6.92 Å². The lowest BCUT2D eigenvalue weighted by molar-refractivity contribution is 0.0742. The molecule has 0 saturated carbocycles. The van der Waals surface area contributed by atoms with Gasteiger partial charge in [0.2, 0.25) is 5.88 Å². The van der Waals surface area contributed by atoms with Crippen LogP contribution in [0.25, 0.3) is 5.69 Å². The van der Waals surface area contributed by atoms with E-state index in [1.54, 1.807) is 0 Å². The van der Waals surface area contributed by atoms with Crippen LogP contribution in [-0.2, 0) is 6.54 Å². The molecule has 0 unspecified atom stereocenters. The van der Waals surface area contributed by atoms with Crippen LogP contribution in [0.2, 0.25) is 0 Å². The standard InChI is InChI=1S/C28H29N3O2/c1-4-18-30(27(32)23-13-7-5-8-14-23)20-26-22(3)29-31(24-15-9-6-10-16-24)28(26)33-25-17-11-12-21(2)19-25/h5-17,19H,4,18,20H2,1-3H3. The minimum absolute atomic E-state index is 0.00539. The number of aromatic nitrogens is 2. The first-order chi connectivity index (χ1) is 16.1. The van der Waals surface area contributed by atoms with E-state index in [4.69, 9.17) is 9.84 Å². The highest BCUT2D eigenvalue weighted by Gasteiger charge is 2.24. The van der Waals surface area contributed by atoms with E-state index >= 15 is 0 Å². The van der Waals surface area contributed by atoms with Crippen LogP contribution in [0.5, 0.6) is 11.6 Å². The van der Waals surface area contributed by atoms with Gasteiger partial charge in [-0.25, -0.2) is 4.68 Å². The number of para-hydroxylation sites is 1. The van der Waals surface area contributed by atoms with E-state index in [-0.39, 0.29) is 5.91 Å². The molecular weight excluding hydrogens is 410 g/mol. The largest absolute Gasteiger partial charge is 0.439 e. The summed E-state index contributed by atoms with van der Waals surface area (Å²) in [5.41, 5.74) is 4.44. The lowest BCUT2D eigenvalue weighted by Crippen LogP contribution is -2.31. The summed E-state index contributed by atoms with van der Waals surface area (Å²) in [7, 11) is 0. The van der Waals surface area contributed by atoms with E-state index in [0.29, 0.717) is 24.5 Å². The van der Waals surface area contributed by atoms with Gasteiger partial charge in [-0.3, -0.25) is 4.79 Å². The van der Waals surface area contributed by atoms with Crippen LogP contribution in [0, 0.1) is 13.8 Å². The van der Waals surface area contributed by atoms with Gasteiger partial charge >= 0.3 is 0 Å². The maximum atomic E-state index is 13.3. The van der Waals surface area contributed by atoms with Crippen LogP contribution in [0.4, 0.5) is 0 Å². The van der Waals surface area contributed by atoms with Gasteiger partial charge in [0, 0.05) is 12.1 Å². The fraction of sp³-hybridized carbons (Fsp3) is 0.214. The molecule has 168 valence electrons. The number of hydrogen-bond donors (Lipinski definition) is 0. The SMILES string of the molecule is CCCN(Cc1c(C)nn(-c2ccccc2)c1Oc1cccc(C)c1)C(=O)c1ccccc1. The van der Waals surface area contributed by atoms with Crippen molar-refractivity contribution in [1.29, 1.82) is 0 Å². The molecule has 0 aliphatic carbocycles. The molecule has 3 aromatic carbocycles. The molecule has 5 heteroatoms. The van der Waals surface area contributed by atoms with E-state index in [9.17, 15) is 4.79 Å². The van der Waals surface area contributed by atoms with Gasteiger partial charge in [0.25, 0.3) is 5.91 Å². The third kappa shape index (κ3) is 5.14. The van der Waals surface area contributed by atoms with Gasteiger partial charge in [0.1, 0.15) is 5.75 Å². The maximum Gasteiger partial charge on any atom is 0.254 e. The number of nitrogens with zero attached hydrogens (tertiary/aromatic N) is 3. The smallest absolute Gasteiger partial charge is 0.254 e. The van der Waals surface area contributed by atoms with Crippen LogP contribution >= 0.6 is 0 Å². The quantitative estimate of drug-likeness (QED) is 0.322. The second-order valence-electron chi connectivity index (χ2n) is 8.13. The van der Waals surface area contributed by atoms with E-state index in [1.807, 2.05) is 108 Å². The summed E-state index contributed by atoms with van der Waals surface area (Å²) in [5.74, 6) is 1.38. The Bertz CT molecular complexity index is 1220. The highest BCUT2D eigenvalue weighted by Crippen LogP contribution is 2.32. The molecule has 1 aromatic heterocycles. The van der Waals surface area contributed by atoms with Crippen molar-refractivity contribution in [2.75, 3.05) is 6.54 Å². The van der Waals surface area contributed by atoms with Crippen molar-refractivity contribution < 1.29 is 9.53 Å². The Kier molecular flexibility index (Phi) is 6.89. The molecule has 4 rings (SSSR count). The van der Waals surface area contributed by atoms with Crippen molar-refractivity contribution >= 4 is 5.91 Å². The van der Waals surface area contributed by atoms with Crippen molar-refractivity contribution in [3.8, 4) is 17.3 Å². The van der Waals surface area contributed by atoms with Crippen LogP contribution in [-0.4, -0.2) is 27.1 Å². The van der Waals surface area contributed by atoms with Crippen LogP contribution < -0.4 is 4.74 Å². The lowest BCUT2D eigenvalue weighted by atomic mass is 10.1. The second kappa shape index (κ2) is 10.2. The Balaban J connectivity index is 1.76. The highest BCUT2D eigenvalue weighted by molar-refractivity contribution is 5.94. The molecule has 0 bridgehead atoms. The Hall–Kier alpha value is -3.86. The van der Waals surface area contributed by atoms with Crippen molar-refractivity contribution in [3.05, 3.63) is 107 Å². The zero-order chi connectivity index (χ0) is 23.2. The van der Waals surface area contributed by atoms with Gasteiger partial charge in [-0.15, -0.1) is 0 Å². The monoisotopic (exact) mass is 439 g/mol. The van der Waals surface area contributed by atoms with Gasteiger partial charge in [0.05, 0.1) is 23.5 Å². The number of rotatable bonds is 8. The number of amides is 1. The van der Waals surface area contributed by atoms with E-state index < -0.39 is 0 Å². The predicted octanol–water partition coefficient (Wildman–Crippen LogP) is 6.33. The van der Waals surface area contributed by atoms with Crippen molar-refractivity contribution in [3.63, 3.8) is 0 Å². The highest BCUT2D eigenvalue weighted by atomic mass is 16.5. The third-order valence-corrected chi connectivity index (χ3v) is 5.49. The molecule has 0 atom stereocenters. The van der Waals surface area contributed by atoms with Gasteiger partial charge in [0.15, 0.2) is 0 Å². The minimum atomic E-state index is 0.00539. The maximum absolute atomic E-state index is 13.3. The molecule has 5 nitrogen and oxygen atoms in total. The molecule has 1 heterocycles. The molecule has 0 spiro atoms. The summed E-state index contributed by atoms with van der Waals surface area (Å²) in [5, 5.41) is 4.80. The molecule has 0 aliphatic heterocycles. The lowest BCUT2D eigenvalue weighted by Gasteiger charge is -2.23. The Labute approximate surface area is 195 Å². The Morgan fingerprint density at radius 2 is 1.64 bits per heavy atom. The summed E-state index contributed by atoms with van der Waals surface area (Å²) < 4.78 is 8.25. The van der Waals surface area contributed by atoms with Crippen molar-refractivity contribution in [2.45, 2.75) is 33.7 Å². The first-order valence-corrected chi connectivity index (χ1v) is 11.3. The Morgan fingerprint density at radius 3 is 2.30 bits per heavy atom. The first-order valence-electron chi connectivity index (χ1n) is 11.3. The normalized spacial score (nSPS) is 10.8. The number of benzene rings is 3. The van der Waals surface area contributed by atoms with Crippen molar-refractivity contribution in [1.82, 2.24) is 14.7 Å². The topological polar surface area (TPSA) is 47.4 Å². The molecule has 4 aromatic rings. The first kappa shape index (κ1) is 22.3. The van der Waals surface area contributed by atoms with Crippen molar-refractivity contribution in [2.24, 2.45) is 0 Å². The zero-order valence-corrected chi connectivity index (χ0v) is 19.4. The number of aryl methyl sites for hydroxylation is 2. The predicted molar refractivity (Wildman–Crippen MR) is 131 cm³/mol. The molecule has 1 amide bonds. The fourth-order valence-corrected chi connectivity index (χ4v) is 3.84. The van der Waals surface area contributed by atoms with Gasteiger partial charge in [-0.05, 0) is 62.2 Å². The summed E-state index contributed by atoms with van der Waals surface area (Å²) in [4.78, 5) is 15.2. The van der Waals surface area contributed by atoms with Gasteiger partial charge < -0.3 is 9.64 Å². The fourth-order valence-electron chi connectivity index (χ4n) is 3.84. The summed E-state index contributed by atoms with van der Waals surface area (Å²) in [6.07, 6.45) is 0.860. The average molecular weight is 440 g/mol. The van der Waals surface area contributed by atoms with Crippen LogP contribution in [0.15, 0.2) is 84.9 Å². The Morgan fingerprint density at radius 1 is 0.939 bits per heavy atom. The minimum Gasteiger partial charge on any atom is -0.439 e. The summed E-state index contributed by atoms with van der Waals surface area (Å²) >= 11 is 0.